The normalized spacial score (nSPS) is 26.3. The number of para-hydroxylation sites is 1. The van der Waals surface area contributed by atoms with Gasteiger partial charge >= 0.3 is 0 Å². The van der Waals surface area contributed by atoms with E-state index in [0.29, 0.717) is 5.92 Å². The molecule has 2 rings (SSSR count). The first kappa shape index (κ1) is 11.8. The SMILES string of the molecule is COP1CCC[C@@H](c2ccccc2N)CO1. The molecule has 1 aliphatic heterocycles. The van der Waals surface area contributed by atoms with E-state index in [4.69, 9.17) is 14.8 Å². The predicted octanol–water partition coefficient (Wildman–Crippen LogP) is 3.12. The second kappa shape index (κ2) is 5.62. The molecule has 0 radical (unpaired) electrons. The van der Waals surface area contributed by atoms with Crippen LogP contribution in [0.15, 0.2) is 24.3 Å². The zero-order valence-corrected chi connectivity index (χ0v) is 10.5. The van der Waals surface area contributed by atoms with Gasteiger partial charge in [0.05, 0.1) is 6.61 Å². The van der Waals surface area contributed by atoms with E-state index < -0.39 is 8.38 Å². The Kier molecular flexibility index (Phi) is 4.16. The monoisotopic (exact) mass is 239 g/mol. The molecule has 3 nitrogen and oxygen atoms in total. The average Bonchev–Trinajstić information content (AvgIpc) is 2.55. The van der Waals surface area contributed by atoms with Crippen LogP contribution in [0.25, 0.3) is 0 Å². The minimum atomic E-state index is -0.664. The van der Waals surface area contributed by atoms with E-state index in [1.807, 2.05) is 18.2 Å². The Morgan fingerprint density at radius 3 is 3.00 bits per heavy atom. The van der Waals surface area contributed by atoms with Crippen LogP contribution in [0.2, 0.25) is 0 Å². The summed E-state index contributed by atoms with van der Waals surface area (Å²) in [5, 5.41) is 0. The smallest absolute Gasteiger partial charge is 0.170 e. The van der Waals surface area contributed by atoms with Gasteiger partial charge in [0.15, 0.2) is 8.38 Å². The van der Waals surface area contributed by atoms with Gasteiger partial charge in [0.25, 0.3) is 0 Å². The quantitative estimate of drug-likeness (QED) is 0.637. The molecule has 16 heavy (non-hydrogen) atoms. The molecule has 1 aromatic rings. The minimum absolute atomic E-state index is 0.420. The van der Waals surface area contributed by atoms with E-state index >= 15 is 0 Å². The topological polar surface area (TPSA) is 44.5 Å². The lowest BCUT2D eigenvalue weighted by Crippen LogP contribution is -2.06. The second-order valence-electron chi connectivity index (χ2n) is 4.00. The van der Waals surface area contributed by atoms with Crippen LogP contribution in [-0.4, -0.2) is 19.9 Å². The van der Waals surface area contributed by atoms with Crippen molar-refractivity contribution in [3.05, 3.63) is 29.8 Å². The number of nitrogens with two attached hydrogens (primary N) is 1. The molecule has 88 valence electrons. The molecule has 0 saturated carbocycles. The molecule has 0 aliphatic carbocycles. The molecule has 2 N–H and O–H groups in total. The van der Waals surface area contributed by atoms with Crippen LogP contribution < -0.4 is 5.73 Å². The molecule has 2 atom stereocenters. The third-order valence-electron chi connectivity index (χ3n) is 2.95. The highest BCUT2D eigenvalue weighted by Gasteiger charge is 2.21. The van der Waals surface area contributed by atoms with Crippen molar-refractivity contribution in [2.24, 2.45) is 0 Å². The fourth-order valence-electron chi connectivity index (χ4n) is 2.06. The lowest BCUT2D eigenvalue weighted by atomic mass is 9.94. The molecule has 0 aromatic heterocycles. The third kappa shape index (κ3) is 2.73. The molecular formula is C12H18NO2P. The van der Waals surface area contributed by atoms with Gasteiger partial charge in [-0.05, 0) is 24.5 Å². The Balaban J connectivity index is 2.08. The summed E-state index contributed by atoms with van der Waals surface area (Å²) in [7, 11) is 1.06. The van der Waals surface area contributed by atoms with Gasteiger partial charge in [0.1, 0.15) is 0 Å². The van der Waals surface area contributed by atoms with Crippen molar-refractivity contribution in [3.63, 3.8) is 0 Å². The summed E-state index contributed by atoms with van der Waals surface area (Å²) in [6, 6.07) is 8.07. The van der Waals surface area contributed by atoms with E-state index in [1.165, 1.54) is 5.56 Å². The van der Waals surface area contributed by atoms with Crippen LogP contribution >= 0.6 is 8.38 Å². The second-order valence-corrected chi connectivity index (χ2v) is 5.74. The maximum Gasteiger partial charge on any atom is 0.170 e. The molecule has 1 saturated heterocycles. The summed E-state index contributed by atoms with van der Waals surface area (Å²) in [4.78, 5) is 0. The van der Waals surface area contributed by atoms with Gasteiger partial charge in [-0.2, -0.15) is 0 Å². The van der Waals surface area contributed by atoms with E-state index in [-0.39, 0.29) is 0 Å². The predicted molar refractivity (Wildman–Crippen MR) is 67.6 cm³/mol. The molecule has 1 unspecified atom stereocenters. The summed E-state index contributed by atoms with van der Waals surface area (Å²) in [6.07, 6.45) is 3.32. The van der Waals surface area contributed by atoms with Crippen LogP contribution in [0.4, 0.5) is 5.69 Å². The standard InChI is InChI=1S/C12H18NO2P/c1-14-16-8-4-5-10(9-15-16)11-6-2-3-7-12(11)13/h2-3,6-7,10H,4-5,8-9,13H2,1H3/t10-,16?/m1/s1. The first-order chi connectivity index (χ1) is 7.81. The maximum atomic E-state index is 5.99. The number of anilines is 1. The van der Waals surface area contributed by atoms with Crippen molar-refractivity contribution < 1.29 is 9.05 Å². The largest absolute Gasteiger partial charge is 0.398 e. The molecule has 1 aliphatic rings. The fourth-order valence-corrected chi connectivity index (χ4v) is 3.26. The van der Waals surface area contributed by atoms with Crippen molar-refractivity contribution >= 4 is 14.1 Å². The summed E-state index contributed by atoms with van der Waals surface area (Å²) < 4.78 is 11.1. The summed E-state index contributed by atoms with van der Waals surface area (Å²) >= 11 is 0. The first-order valence-corrected chi connectivity index (χ1v) is 6.96. The fraction of sp³-hybridized carbons (Fsp3) is 0.500. The van der Waals surface area contributed by atoms with Gasteiger partial charge in [-0.3, -0.25) is 0 Å². The molecule has 0 spiro atoms. The minimum Gasteiger partial charge on any atom is -0.398 e. The lowest BCUT2D eigenvalue weighted by Gasteiger charge is -2.17. The highest BCUT2D eigenvalue weighted by molar-refractivity contribution is 7.47. The Labute approximate surface area is 97.9 Å². The van der Waals surface area contributed by atoms with Gasteiger partial charge in [0, 0.05) is 24.9 Å². The number of hydrogen-bond donors (Lipinski definition) is 1. The molecule has 0 bridgehead atoms. The lowest BCUT2D eigenvalue weighted by molar-refractivity contribution is 0.271. The number of benzene rings is 1. The van der Waals surface area contributed by atoms with Gasteiger partial charge in [0.2, 0.25) is 0 Å². The Morgan fingerprint density at radius 2 is 2.25 bits per heavy atom. The van der Waals surface area contributed by atoms with Crippen molar-refractivity contribution in [3.8, 4) is 0 Å². The number of hydrogen-bond acceptors (Lipinski definition) is 3. The molecule has 1 heterocycles. The van der Waals surface area contributed by atoms with Crippen LogP contribution in [-0.2, 0) is 9.05 Å². The number of nitrogen functional groups attached to an aromatic ring is 1. The third-order valence-corrected chi connectivity index (χ3v) is 4.48. The van der Waals surface area contributed by atoms with E-state index in [0.717, 1.165) is 31.3 Å². The van der Waals surface area contributed by atoms with Crippen LogP contribution in [0.3, 0.4) is 0 Å². The van der Waals surface area contributed by atoms with Gasteiger partial charge in [-0.25, -0.2) is 0 Å². The zero-order valence-electron chi connectivity index (χ0n) is 9.56. The molecule has 1 aromatic carbocycles. The Hall–Kier alpha value is -0.630. The van der Waals surface area contributed by atoms with Gasteiger partial charge in [-0.1, -0.05) is 18.2 Å². The van der Waals surface area contributed by atoms with Crippen molar-refractivity contribution in [2.75, 3.05) is 25.6 Å². The molecular weight excluding hydrogens is 221 g/mol. The summed E-state index contributed by atoms with van der Waals surface area (Å²) in [6.45, 7) is 0.730. The zero-order chi connectivity index (χ0) is 11.4. The Bertz CT molecular complexity index is 346. The van der Waals surface area contributed by atoms with Crippen LogP contribution in [0, 0.1) is 0 Å². The van der Waals surface area contributed by atoms with Crippen molar-refractivity contribution in [2.45, 2.75) is 18.8 Å². The molecule has 4 heteroatoms. The summed E-state index contributed by atoms with van der Waals surface area (Å²) in [5.41, 5.74) is 8.08. The van der Waals surface area contributed by atoms with Crippen LogP contribution in [0.5, 0.6) is 0 Å². The highest BCUT2D eigenvalue weighted by Crippen LogP contribution is 2.44. The molecule has 0 amide bonds. The van der Waals surface area contributed by atoms with Gasteiger partial charge in [-0.15, -0.1) is 0 Å². The van der Waals surface area contributed by atoms with Crippen LogP contribution in [0.1, 0.15) is 24.3 Å². The molecule has 1 fully saturated rings. The van der Waals surface area contributed by atoms with E-state index in [9.17, 15) is 0 Å². The van der Waals surface area contributed by atoms with Crippen molar-refractivity contribution in [1.82, 2.24) is 0 Å². The van der Waals surface area contributed by atoms with E-state index in [2.05, 4.69) is 6.07 Å². The first-order valence-electron chi connectivity index (χ1n) is 5.60. The van der Waals surface area contributed by atoms with Crippen molar-refractivity contribution in [1.29, 1.82) is 0 Å². The van der Waals surface area contributed by atoms with Gasteiger partial charge < -0.3 is 14.8 Å². The summed E-state index contributed by atoms with van der Waals surface area (Å²) in [5.74, 6) is 0.420. The maximum absolute atomic E-state index is 5.99. The average molecular weight is 239 g/mol. The highest BCUT2D eigenvalue weighted by atomic mass is 31.2. The number of rotatable bonds is 2. The Morgan fingerprint density at radius 1 is 1.44 bits per heavy atom. The van der Waals surface area contributed by atoms with E-state index in [1.54, 1.807) is 7.11 Å².